The molecule has 0 spiro atoms. The number of unbranched alkanes of at least 4 members (excludes halogenated alkanes) is 2. The van der Waals surface area contributed by atoms with Gasteiger partial charge in [0.05, 0.1) is 12.2 Å². The summed E-state index contributed by atoms with van der Waals surface area (Å²) in [7, 11) is 0. The molecule has 4 rings (SSSR count). The van der Waals surface area contributed by atoms with Crippen molar-refractivity contribution in [3.05, 3.63) is 95.3 Å². The maximum absolute atomic E-state index is 15.2. The van der Waals surface area contributed by atoms with Gasteiger partial charge >= 0.3 is 6.61 Å². The molecule has 0 amide bonds. The molecule has 0 radical (unpaired) electrons. The number of alkyl halides is 2. The molecular weight excluding hydrogens is 487 g/mol. The largest absolute Gasteiger partial charge is 0.493 e. The minimum atomic E-state index is -2.89. The number of fused-ring (bicyclic) bond motifs is 1. The summed E-state index contributed by atoms with van der Waals surface area (Å²) in [5, 5.41) is 0.865. The molecule has 37 heavy (non-hydrogen) atoms. The minimum absolute atomic E-state index is 0.0634. The number of aryl methyl sites for hydroxylation is 2. The van der Waals surface area contributed by atoms with Crippen LogP contribution in [-0.2, 0) is 12.8 Å². The number of hydrogen-bond donors (Lipinski definition) is 0. The molecule has 0 saturated heterocycles. The van der Waals surface area contributed by atoms with Crippen molar-refractivity contribution in [1.29, 1.82) is 0 Å². The zero-order chi connectivity index (χ0) is 26.4. The Balaban J connectivity index is 1.50. The average molecular weight is 515 g/mol. The third-order valence-electron chi connectivity index (χ3n) is 6.19. The Morgan fingerprint density at radius 2 is 1.49 bits per heavy atom. The van der Waals surface area contributed by atoms with E-state index in [9.17, 15) is 17.6 Å². The summed E-state index contributed by atoms with van der Waals surface area (Å²) in [6.07, 6.45) is 3.69. The van der Waals surface area contributed by atoms with Gasteiger partial charge in [-0.15, -0.1) is 0 Å². The fourth-order valence-corrected chi connectivity index (χ4v) is 4.25. The number of ether oxygens (including phenoxy) is 2. The lowest BCUT2D eigenvalue weighted by Crippen LogP contribution is -2.02. The maximum atomic E-state index is 15.2. The molecule has 194 valence electrons. The zero-order valence-corrected chi connectivity index (χ0v) is 20.4. The van der Waals surface area contributed by atoms with Crippen LogP contribution in [0.2, 0.25) is 0 Å². The predicted molar refractivity (Wildman–Crippen MR) is 135 cm³/mol. The number of halogens is 5. The molecule has 0 N–H and O–H groups in total. The average Bonchev–Trinajstić information content (AvgIpc) is 2.86. The van der Waals surface area contributed by atoms with Crippen LogP contribution < -0.4 is 9.47 Å². The van der Waals surface area contributed by atoms with Gasteiger partial charge in [0.25, 0.3) is 0 Å². The van der Waals surface area contributed by atoms with Crippen LogP contribution >= 0.6 is 0 Å². The summed E-state index contributed by atoms with van der Waals surface area (Å²) in [6.45, 7) is -0.440. The molecule has 2 nitrogen and oxygen atoms in total. The molecular formula is C30H27F5O2. The maximum Gasteiger partial charge on any atom is 0.387 e. The van der Waals surface area contributed by atoms with Gasteiger partial charge in [-0.25, -0.2) is 13.2 Å². The Bertz CT molecular complexity index is 1330. The molecule has 4 aromatic carbocycles. The summed E-state index contributed by atoms with van der Waals surface area (Å²) in [5.74, 6) is -1.69. The molecule has 0 aromatic heterocycles. The summed E-state index contributed by atoms with van der Waals surface area (Å²) in [6, 6.07) is 16.5. The SMILES string of the molecule is CCCCCOc1cc(F)c(-c2ccc3c(F)c(CCc4ccc(OC(F)F)cc4)ccc3c2)c(F)c1. The lowest BCUT2D eigenvalue weighted by molar-refractivity contribution is -0.0498. The Hall–Kier alpha value is -3.61. The van der Waals surface area contributed by atoms with E-state index in [1.165, 1.54) is 36.4 Å². The van der Waals surface area contributed by atoms with E-state index in [2.05, 4.69) is 11.7 Å². The van der Waals surface area contributed by atoms with Gasteiger partial charge in [0.15, 0.2) is 0 Å². The topological polar surface area (TPSA) is 18.5 Å². The third-order valence-corrected chi connectivity index (χ3v) is 6.19. The minimum Gasteiger partial charge on any atom is -0.493 e. The monoisotopic (exact) mass is 514 g/mol. The summed E-state index contributed by atoms with van der Waals surface area (Å²) in [5.41, 5.74) is 1.44. The molecule has 0 saturated carbocycles. The fourth-order valence-electron chi connectivity index (χ4n) is 4.25. The third kappa shape index (κ3) is 6.59. The van der Waals surface area contributed by atoms with Gasteiger partial charge in [0, 0.05) is 17.5 Å². The molecule has 0 atom stereocenters. The van der Waals surface area contributed by atoms with Crippen molar-refractivity contribution in [3.63, 3.8) is 0 Å². The highest BCUT2D eigenvalue weighted by Crippen LogP contribution is 2.33. The highest BCUT2D eigenvalue weighted by Gasteiger charge is 2.16. The standard InChI is InChI=1S/C30H27F5O2/c1-2-3-4-15-36-24-17-26(31)28(27(32)18-24)22-11-14-25-21(16-22)10-9-20(29(25)33)8-5-19-6-12-23(13-7-19)37-30(34)35/h6-7,9-14,16-18,30H,2-5,8,15H2,1H3. The highest BCUT2D eigenvalue weighted by molar-refractivity contribution is 5.88. The van der Waals surface area contributed by atoms with E-state index in [0.717, 1.165) is 24.8 Å². The van der Waals surface area contributed by atoms with Crippen molar-refractivity contribution in [3.8, 4) is 22.6 Å². The Labute approximate surface area is 212 Å². The van der Waals surface area contributed by atoms with Gasteiger partial charge in [-0.3, -0.25) is 0 Å². The molecule has 0 aliphatic rings. The first-order chi connectivity index (χ1) is 17.9. The van der Waals surface area contributed by atoms with Crippen molar-refractivity contribution >= 4 is 10.8 Å². The van der Waals surface area contributed by atoms with E-state index < -0.39 is 24.1 Å². The summed E-state index contributed by atoms with van der Waals surface area (Å²) in [4.78, 5) is 0. The second kappa shape index (κ2) is 12.1. The number of benzene rings is 4. The van der Waals surface area contributed by atoms with Crippen LogP contribution in [0.25, 0.3) is 21.9 Å². The van der Waals surface area contributed by atoms with Crippen molar-refractivity contribution in [2.24, 2.45) is 0 Å². The van der Waals surface area contributed by atoms with Gasteiger partial charge < -0.3 is 9.47 Å². The molecule has 0 heterocycles. The molecule has 7 heteroatoms. The van der Waals surface area contributed by atoms with Gasteiger partial charge in [-0.2, -0.15) is 8.78 Å². The van der Waals surface area contributed by atoms with E-state index in [0.29, 0.717) is 41.3 Å². The Kier molecular flexibility index (Phi) is 8.64. The molecule has 0 aliphatic carbocycles. The van der Waals surface area contributed by atoms with E-state index >= 15 is 4.39 Å². The normalized spacial score (nSPS) is 11.3. The first-order valence-electron chi connectivity index (χ1n) is 12.2. The van der Waals surface area contributed by atoms with Crippen molar-refractivity contribution in [2.45, 2.75) is 45.6 Å². The van der Waals surface area contributed by atoms with Crippen molar-refractivity contribution in [2.75, 3.05) is 6.61 Å². The smallest absolute Gasteiger partial charge is 0.387 e. The van der Waals surface area contributed by atoms with Crippen LogP contribution in [0.5, 0.6) is 11.5 Å². The Morgan fingerprint density at radius 3 is 2.16 bits per heavy atom. The second-order valence-corrected chi connectivity index (χ2v) is 8.81. The van der Waals surface area contributed by atoms with Crippen LogP contribution in [-0.4, -0.2) is 13.2 Å². The summed E-state index contributed by atoms with van der Waals surface area (Å²) < 4.78 is 79.3. The molecule has 0 bridgehead atoms. The zero-order valence-electron chi connectivity index (χ0n) is 20.4. The van der Waals surface area contributed by atoms with Gasteiger partial charge in [-0.05, 0) is 59.5 Å². The van der Waals surface area contributed by atoms with Gasteiger partial charge in [0.1, 0.15) is 29.0 Å². The van der Waals surface area contributed by atoms with Gasteiger partial charge in [0.2, 0.25) is 0 Å². The van der Waals surface area contributed by atoms with Crippen LogP contribution in [0.4, 0.5) is 22.0 Å². The van der Waals surface area contributed by atoms with Crippen molar-refractivity contribution in [1.82, 2.24) is 0 Å². The lowest BCUT2D eigenvalue weighted by Gasteiger charge is -2.12. The number of hydrogen-bond acceptors (Lipinski definition) is 2. The van der Waals surface area contributed by atoms with Crippen LogP contribution in [0, 0.1) is 17.5 Å². The van der Waals surface area contributed by atoms with E-state index in [4.69, 9.17) is 4.74 Å². The quantitative estimate of drug-likeness (QED) is 0.147. The van der Waals surface area contributed by atoms with Crippen LogP contribution in [0.15, 0.2) is 66.7 Å². The lowest BCUT2D eigenvalue weighted by atomic mass is 9.96. The Morgan fingerprint density at radius 1 is 0.757 bits per heavy atom. The molecule has 0 fully saturated rings. The first-order valence-corrected chi connectivity index (χ1v) is 12.2. The molecule has 4 aromatic rings. The number of rotatable bonds is 11. The van der Waals surface area contributed by atoms with E-state index in [1.807, 2.05) is 0 Å². The van der Waals surface area contributed by atoms with Crippen LogP contribution in [0.3, 0.4) is 0 Å². The molecule has 0 unspecified atom stereocenters. The van der Waals surface area contributed by atoms with E-state index in [-0.39, 0.29) is 17.1 Å². The second-order valence-electron chi connectivity index (χ2n) is 8.81. The van der Waals surface area contributed by atoms with Gasteiger partial charge in [-0.1, -0.05) is 56.2 Å². The van der Waals surface area contributed by atoms with E-state index in [1.54, 1.807) is 30.3 Å². The summed E-state index contributed by atoms with van der Waals surface area (Å²) >= 11 is 0. The fraction of sp³-hybridized carbons (Fsp3) is 0.267. The van der Waals surface area contributed by atoms with Crippen LogP contribution in [0.1, 0.15) is 37.3 Å². The first kappa shape index (κ1) is 26.5. The highest BCUT2D eigenvalue weighted by atomic mass is 19.3. The van der Waals surface area contributed by atoms with Crippen molar-refractivity contribution < 1.29 is 31.4 Å². The predicted octanol–water partition coefficient (Wildman–Crippen LogP) is 8.88. The molecule has 0 aliphatic heterocycles.